The average molecular weight is 1600 g/mol. The second kappa shape index (κ2) is 44.7. The third-order valence-electron chi connectivity index (χ3n) is 21.2. The highest BCUT2D eigenvalue weighted by Gasteiger charge is 2.47. The number of cyclic esters (lactones) is 1. The highest BCUT2D eigenvalue weighted by atomic mass is 19.1. The number of carbonyl (C=O) groups excluding carboxylic acids is 10. The number of fused-ring (bicyclic) bond motifs is 5. The summed E-state index contributed by atoms with van der Waals surface area (Å²) in [7, 11) is 1.65. The van der Waals surface area contributed by atoms with Gasteiger partial charge >= 0.3 is 5.97 Å². The average Bonchev–Trinajstić information content (AvgIpc) is 1.59. The van der Waals surface area contributed by atoms with Crippen LogP contribution in [0.15, 0.2) is 89.7 Å². The number of halogens is 1. The van der Waals surface area contributed by atoms with E-state index in [1.165, 1.54) is 27.7 Å². The number of aliphatic hydroxyl groups is 1. The molecule has 4 N–H and O–H groups in total. The normalized spacial score (nSPS) is 17.9. The Balaban J connectivity index is 0.536. The fourth-order valence-corrected chi connectivity index (χ4v) is 14.8. The standard InChI is InChI=1S/C84H106FN7O23/c1-4-84(104)67-47-71-77-65(52-91(71)81(101)66(67)54-115-83(84)103)76-70(21-20-64-55(2)68(85)48-69(89-77)75(64)76)90(3)82(102)78(58-13-9-6-10-14-58)114-27-25-61(93)49-88-80(100)60(45-56-11-7-5-8-12-56)46-63(95)50-87-72(96)22-19-62(94)53-113-44-43-112-42-41-111-40-39-110-38-37-109-36-35-108-34-33-107-32-31-106-30-29-105-28-26-86-79(99)59-17-15-57(16-18-59)51-92-73(97)23-24-74(92)98/h5-14,23-24,47-48,57,59-60,70,78,104H,4,15-22,25-46,49-54H2,1-3H3,(H,86,99)(H,87,96)(H,88,100)/t57?,59?,60-,70-,78-,84-/m0/s1. The number of esters is 1. The Morgan fingerprint density at radius 2 is 1.23 bits per heavy atom. The number of rotatable bonds is 52. The summed E-state index contributed by atoms with van der Waals surface area (Å²) in [4.78, 5) is 152. The van der Waals surface area contributed by atoms with Gasteiger partial charge in [0.1, 0.15) is 19.0 Å². The van der Waals surface area contributed by atoms with Crippen molar-refractivity contribution in [2.75, 3.05) is 159 Å². The van der Waals surface area contributed by atoms with Crippen LogP contribution in [0.5, 0.6) is 0 Å². The molecule has 5 heterocycles. The Hall–Kier alpha value is -9.25. The number of hydrogen-bond donors (Lipinski definition) is 4. The molecule has 5 aromatic rings. The maximum atomic E-state index is 15.8. The van der Waals surface area contributed by atoms with Gasteiger partial charge in [-0.25, -0.2) is 14.2 Å². The minimum absolute atomic E-state index is 0.00724. The van der Waals surface area contributed by atoms with Crippen molar-refractivity contribution in [2.45, 2.75) is 122 Å². The van der Waals surface area contributed by atoms with Crippen molar-refractivity contribution in [3.05, 3.63) is 146 Å². The lowest BCUT2D eigenvalue weighted by Crippen LogP contribution is -2.44. The summed E-state index contributed by atoms with van der Waals surface area (Å²) in [6.07, 6.45) is 4.50. The molecular formula is C84H106FN7O23. The van der Waals surface area contributed by atoms with E-state index in [1.807, 2.05) is 6.07 Å². The van der Waals surface area contributed by atoms with Crippen LogP contribution in [0.2, 0.25) is 0 Å². The predicted molar refractivity (Wildman–Crippen MR) is 413 cm³/mol. The van der Waals surface area contributed by atoms with Gasteiger partial charge in [-0.1, -0.05) is 67.6 Å². The smallest absolute Gasteiger partial charge is 0.343 e. The molecule has 0 radical (unpaired) electrons. The number of ether oxygens (including phenoxy) is 11. The van der Waals surface area contributed by atoms with Crippen molar-refractivity contribution in [3.63, 3.8) is 0 Å². The van der Waals surface area contributed by atoms with Crippen molar-refractivity contribution in [3.8, 4) is 11.4 Å². The first-order valence-electron chi connectivity index (χ1n) is 39.6. The number of benzene rings is 3. The van der Waals surface area contributed by atoms with Crippen molar-refractivity contribution in [1.82, 2.24) is 35.3 Å². The van der Waals surface area contributed by atoms with Crippen molar-refractivity contribution >= 4 is 69.7 Å². The van der Waals surface area contributed by atoms with Crippen LogP contribution in [-0.2, 0) is 132 Å². The highest BCUT2D eigenvalue weighted by Crippen LogP contribution is 2.48. The summed E-state index contributed by atoms with van der Waals surface area (Å²) in [5, 5.41) is 20.4. The summed E-state index contributed by atoms with van der Waals surface area (Å²) in [5.74, 6) is -5.38. The first kappa shape index (κ1) is 88.1. The Kier molecular flexibility index (Phi) is 34.3. The van der Waals surface area contributed by atoms with Gasteiger partial charge in [0.15, 0.2) is 29.1 Å². The molecule has 0 bridgehead atoms. The molecule has 0 spiro atoms. The van der Waals surface area contributed by atoms with Crippen molar-refractivity contribution < 1.29 is 110 Å². The summed E-state index contributed by atoms with van der Waals surface area (Å²) in [6.45, 7) is 8.71. The van der Waals surface area contributed by atoms with Gasteiger partial charge < -0.3 is 82.6 Å². The molecule has 115 heavy (non-hydrogen) atoms. The number of aryl methyl sites for hydroxylation is 1. The summed E-state index contributed by atoms with van der Waals surface area (Å²) >= 11 is 0. The van der Waals surface area contributed by atoms with Crippen LogP contribution in [0.3, 0.4) is 0 Å². The lowest BCUT2D eigenvalue weighted by atomic mass is 9.81. The maximum absolute atomic E-state index is 15.8. The number of likely N-dealkylation sites (N-methyl/N-ethyl adjacent to an activating group) is 1. The van der Waals surface area contributed by atoms with Crippen LogP contribution in [-0.4, -0.2) is 242 Å². The summed E-state index contributed by atoms with van der Waals surface area (Å²) in [5.41, 5.74) is 2.47. The van der Waals surface area contributed by atoms with E-state index in [-0.39, 0.29) is 125 Å². The molecule has 3 aromatic carbocycles. The summed E-state index contributed by atoms with van der Waals surface area (Å²) < 4.78 is 78.6. The fourth-order valence-electron chi connectivity index (χ4n) is 14.8. The van der Waals surface area contributed by atoms with Crippen LogP contribution >= 0.6 is 0 Å². The van der Waals surface area contributed by atoms with E-state index in [2.05, 4.69) is 16.0 Å². The lowest BCUT2D eigenvalue weighted by Gasteiger charge is -2.36. The van der Waals surface area contributed by atoms with Crippen LogP contribution in [0.25, 0.3) is 22.3 Å². The van der Waals surface area contributed by atoms with Crippen LogP contribution in [0.4, 0.5) is 4.39 Å². The number of amides is 6. The zero-order chi connectivity index (χ0) is 81.6. The summed E-state index contributed by atoms with van der Waals surface area (Å²) in [6, 6.07) is 20.1. The van der Waals surface area contributed by atoms with Gasteiger partial charge in [0.25, 0.3) is 23.3 Å². The quantitative estimate of drug-likeness (QED) is 0.0219. The van der Waals surface area contributed by atoms with E-state index in [4.69, 9.17) is 57.1 Å². The van der Waals surface area contributed by atoms with Crippen LogP contribution < -0.4 is 21.5 Å². The van der Waals surface area contributed by atoms with Gasteiger partial charge in [-0.3, -0.25) is 52.8 Å². The zero-order valence-electron chi connectivity index (χ0n) is 65.7. The number of nitrogens with one attached hydrogen (secondary N) is 3. The van der Waals surface area contributed by atoms with Gasteiger partial charge in [0.05, 0.1) is 167 Å². The minimum atomic E-state index is -2.08. The molecule has 30 nitrogen and oxygen atoms in total. The van der Waals surface area contributed by atoms with Gasteiger partial charge in [-0.15, -0.1) is 0 Å². The van der Waals surface area contributed by atoms with Crippen LogP contribution in [0.1, 0.15) is 128 Å². The molecule has 2 aliphatic carbocycles. The van der Waals surface area contributed by atoms with E-state index < -0.39 is 83.4 Å². The topological polar surface area (TPSA) is 370 Å². The van der Waals surface area contributed by atoms with Crippen molar-refractivity contribution in [1.29, 1.82) is 0 Å². The van der Waals surface area contributed by atoms with E-state index in [9.17, 15) is 53.1 Å². The predicted octanol–water partition coefficient (Wildman–Crippen LogP) is 5.09. The van der Waals surface area contributed by atoms with Gasteiger partial charge in [0, 0.05) is 92.4 Å². The molecule has 0 unspecified atom stereocenters. The number of carbonyl (C=O) groups is 10. The zero-order valence-corrected chi connectivity index (χ0v) is 65.7. The molecule has 4 atom stereocenters. The third kappa shape index (κ3) is 24.7. The lowest BCUT2D eigenvalue weighted by molar-refractivity contribution is -0.172. The van der Waals surface area contributed by atoms with E-state index in [1.54, 1.807) is 86.5 Å². The molecule has 10 rings (SSSR count). The van der Waals surface area contributed by atoms with Gasteiger partial charge in [-0.05, 0) is 98.1 Å². The molecule has 1 fully saturated rings. The van der Waals surface area contributed by atoms with Gasteiger partial charge in [0.2, 0.25) is 17.7 Å². The molecule has 3 aliphatic heterocycles. The van der Waals surface area contributed by atoms with E-state index in [0.717, 1.165) is 36.8 Å². The second-order valence-corrected chi connectivity index (χ2v) is 29.0. The number of aromatic nitrogens is 2. The fraction of sp³-hybridized carbons (Fsp3) is 0.548. The number of ketones is 3. The monoisotopic (exact) mass is 1600 g/mol. The number of Topliss-reactive ketones (excluding diaryl/α,β-unsaturated/α-hetero) is 3. The van der Waals surface area contributed by atoms with E-state index in [0.29, 0.717) is 170 Å². The molecular weight excluding hydrogens is 1490 g/mol. The SMILES string of the molecule is CC[C@@]1(O)C(=O)OCc2c1cc1n(c2=O)Cc2c-1nc1cc(F)c(C)c3c1c2[C@@H](N(C)C(=O)[C@@H](OCCC(=O)CNC(=O)[C@H](CC(=O)CNC(=O)CCC(=O)COCCOCCOCCOCCOCCOCCOCCOCCOCCNC(=O)C1CCC(CN2C(=O)C=CC2=O)CC1)Cc1ccccc1)c1ccccc1)CC3. The van der Waals surface area contributed by atoms with Gasteiger partial charge in [-0.2, -0.15) is 0 Å². The number of imide groups is 1. The Labute approximate surface area is 667 Å². The molecule has 1 saturated carbocycles. The Bertz CT molecular complexity index is 4270. The minimum Gasteiger partial charge on any atom is -0.458 e. The number of pyridine rings is 2. The van der Waals surface area contributed by atoms with Crippen LogP contribution in [0, 0.1) is 30.5 Å². The third-order valence-corrected chi connectivity index (χ3v) is 21.2. The molecule has 6 amide bonds. The first-order chi connectivity index (χ1) is 55.7. The number of hydrogen-bond acceptors (Lipinski definition) is 24. The molecule has 0 saturated heterocycles. The number of nitrogens with zero attached hydrogens (tertiary/aromatic N) is 4. The van der Waals surface area contributed by atoms with Crippen molar-refractivity contribution in [2.24, 2.45) is 17.8 Å². The first-order valence-corrected chi connectivity index (χ1v) is 39.6. The molecule has 31 heteroatoms. The second-order valence-electron chi connectivity index (χ2n) is 29.0. The highest BCUT2D eigenvalue weighted by molar-refractivity contribution is 6.13. The molecule has 622 valence electrons. The molecule has 5 aliphatic rings. The largest absolute Gasteiger partial charge is 0.458 e. The van der Waals surface area contributed by atoms with E-state index >= 15 is 9.18 Å². The maximum Gasteiger partial charge on any atom is 0.343 e. The molecule has 2 aromatic heterocycles. The Morgan fingerprint density at radius 1 is 0.652 bits per heavy atom. The Morgan fingerprint density at radius 3 is 1.83 bits per heavy atom.